The van der Waals surface area contributed by atoms with E-state index in [0.717, 1.165) is 35.6 Å². The predicted octanol–water partition coefficient (Wildman–Crippen LogP) is 2.82. The summed E-state index contributed by atoms with van der Waals surface area (Å²) in [5.74, 6) is 1.34. The highest BCUT2D eigenvalue weighted by Crippen LogP contribution is 2.25. The summed E-state index contributed by atoms with van der Waals surface area (Å²) in [6.07, 6.45) is 3.36. The van der Waals surface area contributed by atoms with Gasteiger partial charge in [-0.2, -0.15) is 0 Å². The maximum atomic E-state index is 5.94. The average molecular weight is 271 g/mol. The van der Waals surface area contributed by atoms with E-state index in [0.29, 0.717) is 5.82 Å². The Morgan fingerprint density at radius 3 is 2.75 bits per heavy atom. The van der Waals surface area contributed by atoms with E-state index in [1.54, 1.807) is 0 Å². The minimum atomic E-state index is 0.549. The maximum absolute atomic E-state index is 5.94. The summed E-state index contributed by atoms with van der Waals surface area (Å²) in [6.45, 7) is 2.11. The summed E-state index contributed by atoms with van der Waals surface area (Å²) in [6, 6.07) is 8.17. The Morgan fingerprint density at radius 2 is 2.05 bits per heavy atom. The standard InChI is InChI=1S/C15H21N5/c1-4-6-13-14(16)17-10-18-15(13)19-11-7-5-8-12(9-11)20(2)3/h5,7-10H,4,6H2,1-3H3,(H3,16,17,18,19). The van der Waals surface area contributed by atoms with Crippen LogP contribution in [0.5, 0.6) is 0 Å². The van der Waals surface area contributed by atoms with Crippen molar-refractivity contribution in [3.8, 4) is 0 Å². The number of aromatic nitrogens is 2. The number of anilines is 4. The van der Waals surface area contributed by atoms with Gasteiger partial charge in [0.15, 0.2) is 0 Å². The highest BCUT2D eigenvalue weighted by Gasteiger charge is 2.09. The molecule has 0 aliphatic heterocycles. The van der Waals surface area contributed by atoms with E-state index < -0.39 is 0 Å². The fourth-order valence-electron chi connectivity index (χ4n) is 2.03. The number of benzene rings is 1. The molecule has 0 fully saturated rings. The van der Waals surface area contributed by atoms with Crippen molar-refractivity contribution in [2.75, 3.05) is 30.0 Å². The number of nitrogens with zero attached hydrogens (tertiary/aromatic N) is 3. The van der Waals surface area contributed by atoms with Crippen LogP contribution in [-0.4, -0.2) is 24.1 Å². The summed E-state index contributed by atoms with van der Waals surface area (Å²) in [4.78, 5) is 10.4. The van der Waals surface area contributed by atoms with Crippen LogP contribution in [-0.2, 0) is 6.42 Å². The van der Waals surface area contributed by atoms with Gasteiger partial charge in [-0.25, -0.2) is 9.97 Å². The molecule has 0 spiro atoms. The summed E-state index contributed by atoms with van der Waals surface area (Å²) >= 11 is 0. The van der Waals surface area contributed by atoms with Gasteiger partial charge in [0.1, 0.15) is 18.0 Å². The van der Waals surface area contributed by atoms with Gasteiger partial charge in [0.05, 0.1) is 0 Å². The minimum Gasteiger partial charge on any atom is -0.383 e. The van der Waals surface area contributed by atoms with Gasteiger partial charge in [-0.3, -0.25) is 0 Å². The van der Waals surface area contributed by atoms with E-state index in [4.69, 9.17) is 5.73 Å². The third-order valence-electron chi connectivity index (χ3n) is 3.10. The molecule has 1 aromatic heterocycles. The SMILES string of the molecule is CCCc1c(N)ncnc1Nc1cccc(N(C)C)c1. The van der Waals surface area contributed by atoms with Crippen LogP contribution in [0.2, 0.25) is 0 Å². The quantitative estimate of drug-likeness (QED) is 0.875. The Hall–Kier alpha value is -2.30. The number of nitrogen functional groups attached to an aromatic ring is 1. The lowest BCUT2D eigenvalue weighted by molar-refractivity contribution is 0.908. The summed E-state index contributed by atoms with van der Waals surface area (Å²) in [7, 11) is 4.04. The van der Waals surface area contributed by atoms with Crippen molar-refractivity contribution >= 4 is 23.0 Å². The molecule has 2 aromatic rings. The van der Waals surface area contributed by atoms with Gasteiger partial charge in [-0.1, -0.05) is 19.4 Å². The van der Waals surface area contributed by atoms with Crippen molar-refractivity contribution in [3.63, 3.8) is 0 Å². The van der Waals surface area contributed by atoms with Crippen LogP contribution in [0.4, 0.5) is 23.0 Å². The van der Waals surface area contributed by atoms with Gasteiger partial charge in [0.25, 0.3) is 0 Å². The molecule has 1 heterocycles. The molecule has 5 nitrogen and oxygen atoms in total. The van der Waals surface area contributed by atoms with Crippen LogP contribution in [0.15, 0.2) is 30.6 Å². The van der Waals surface area contributed by atoms with E-state index in [9.17, 15) is 0 Å². The fraction of sp³-hybridized carbons (Fsp3) is 0.333. The molecule has 106 valence electrons. The van der Waals surface area contributed by atoms with Crippen molar-refractivity contribution in [1.82, 2.24) is 9.97 Å². The van der Waals surface area contributed by atoms with Crippen LogP contribution in [0.25, 0.3) is 0 Å². The van der Waals surface area contributed by atoms with Gasteiger partial charge in [0, 0.05) is 31.0 Å². The van der Waals surface area contributed by atoms with Crippen LogP contribution in [0.3, 0.4) is 0 Å². The van der Waals surface area contributed by atoms with Crippen LogP contribution < -0.4 is 16.0 Å². The molecule has 1 aromatic carbocycles. The molecule has 0 bridgehead atoms. The molecule has 0 amide bonds. The van der Waals surface area contributed by atoms with Gasteiger partial charge >= 0.3 is 0 Å². The first-order valence-corrected chi connectivity index (χ1v) is 6.75. The molecule has 0 atom stereocenters. The Morgan fingerprint density at radius 1 is 1.25 bits per heavy atom. The third-order valence-corrected chi connectivity index (χ3v) is 3.10. The Balaban J connectivity index is 2.30. The van der Waals surface area contributed by atoms with Crippen molar-refractivity contribution in [1.29, 1.82) is 0 Å². The molecule has 2 rings (SSSR count). The molecule has 0 radical (unpaired) electrons. The Bertz CT molecular complexity index is 580. The minimum absolute atomic E-state index is 0.549. The highest BCUT2D eigenvalue weighted by molar-refractivity contribution is 5.67. The lowest BCUT2D eigenvalue weighted by Gasteiger charge is -2.15. The first-order chi connectivity index (χ1) is 9.61. The van der Waals surface area contributed by atoms with Crippen molar-refractivity contribution < 1.29 is 0 Å². The fourth-order valence-corrected chi connectivity index (χ4v) is 2.03. The molecule has 0 saturated carbocycles. The average Bonchev–Trinajstić information content (AvgIpc) is 2.43. The van der Waals surface area contributed by atoms with Crippen LogP contribution >= 0.6 is 0 Å². The molecular formula is C15H21N5. The van der Waals surface area contributed by atoms with E-state index >= 15 is 0 Å². The van der Waals surface area contributed by atoms with E-state index in [1.807, 2.05) is 26.2 Å². The molecule has 5 heteroatoms. The molecule has 0 unspecified atom stereocenters. The molecule has 20 heavy (non-hydrogen) atoms. The monoisotopic (exact) mass is 271 g/mol. The topological polar surface area (TPSA) is 67.1 Å². The molecule has 0 saturated heterocycles. The van der Waals surface area contributed by atoms with Gasteiger partial charge in [0.2, 0.25) is 0 Å². The molecule has 0 aliphatic carbocycles. The second-order valence-electron chi connectivity index (χ2n) is 4.91. The number of hydrogen-bond donors (Lipinski definition) is 2. The number of rotatable bonds is 5. The summed E-state index contributed by atoms with van der Waals surface area (Å²) in [5, 5.41) is 3.34. The van der Waals surface area contributed by atoms with Gasteiger partial charge in [-0.05, 0) is 24.6 Å². The molecular weight excluding hydrogens is 250 g/mol. The van der Waals surface area contributed by atoms with Crippen molar-refractivity contribution in [2.45, 2.75) is 19.8 Å². The van der Waals surface area contributed by atoms with E-state index in [1.165, 1.54) is 6.33 Å². The van der Waals surface area contributed by atoms with E-state index in [-0.39, 0.29) is 0 Å². The summed E-state index contributed by atoms with van der Waals surface area (Å²) < 4.78 is 0. The molecule has 3 N–H and O–H groups in total. The Labute approximate surface area is 119 Å². The zero-order valence-corrected chi connectivity index (χ0v) is 12.2. The smallest absolute Gasteiger partial charge is 0.139 e. The first-order valence-electron chi connectivity index (χ1n) is 6.75. The number of nitrogens with two attached hydrogens (primary N) is 1. The number of nitrogens with one attached hydrogen (secondary N) is 1. The van der Waals surface area contributed by atoms with Crippen LogP contribution in [0, 0.1) is 0 Å². The third kappa shape index (κ3) is 3.17. The highest BCUT2D eigenvalue weighted by atomic mass is 15.1. The zero-order chi connectivity index (χ0) is 14.5. The zero-order valence-electron chi connectivity index (χ0n) is 12.2. The number of hydrogen-bond acceptors (Lipinski definition) is 5. The lowest BCUT2D eigenvalue weighted by atomic mass is 10.1. The Kier molecular flexibility index (Phi) is 4.40. The van der Waals surface area contributed by atoms with Gasteiger partial charge in [-0.15, -0.1) is 0 Å². The molecule has 0 aliphatic rings. The lowest BCUT2D eigenvalue weighted by Crippen LogP contribution is -2.09. The largest absolute Gasteiger partial charge is 0.383 e. The van der Waals surface area contributed by atoms with Crippen molar-refractivity contribution in [2.24, 2.45) is 0 Å². The second-order valence-corrected chi connectivity index (χ2v) is 4.91. The summed E-state index contributed by atoms with van der Waals surface area (Å²) in [5.41, 5.74) is 9.04. The first kappa shape index (κ1) is 14.1. The van der Waals surface area contributed by atoms with Crippen LogP contribution in [0.1, 0.15) is 18.9 Å². The second kappa shape index (κ2) is 6.23. The predicted molar refractivity (Wildman–Crippen MR) is 84.5 cm³/mol. The van der Waals surface area contributed by atoms with Crippen molar-refractivity contribution in [3.05, 3.63) is 36.2 Å². The normalized spacial score (nSPS) is 10.3. The maximum Gasteiger partial charge on any atom is 0.139 e. The van der Waals surface area contributed by atoms with E-state index in [2.05, 4.69) is 39.2 Å². The van der Waals surface area contributed by atoms with Gasteiger partial charge < -0.3 is 16.0 Å².